The number of rotatable bonds is 7. The number of para-hydroxylation sites is 1. The molecule has 0 saturated carbocycles. The molecule has 0 radical (unpaired) electrons. The Kier molecular flexibility index (Phi) is 6.65. The highest BCUT2D eigenvalue weighted by molar-refractivity contribution is 6.03. The van der Waals surface area contributed by atoms with E-state index in [-0.39, 0.29) is 22.6 Å². The van der Waals surface area contributed by atoms with Crippen LogP contribution in [0.2, 0.25) is 0 Å². The van der Waals surface area contributed by atoms with Gasteiger partial charge in [0.15, 0.2) is 12.9 Å². The van der Waals surface area contributed by atoms with Crippen LogP contribution < -0.4 is 10.1 Å². The fourth-order valence-corrected chi connectivity index (χ4v) is 2.22. The number of anilines is 1. The Morgan fingerprint density at radius 2 is 1.70 bits per heavy atom. The van der Waals surface area contributed by atoms with E-state index in [9.17, 15) is 19.2 Å². The molecule has 0 heterocycles. The van der Waals surface area contributed by atoms with Gasteiger partial charge in [-0.1, -0.05) is 12.1 Å². The van der Waals surface area contributed by atoms with Crippen molar-refractivity contribution in [3.8, 4) is 5.75 Å². The SMILES string of the molecule is COC(=O)c1ccc(C(=O)OC)c(NC(=O)COc2ccccc2C=O)c1. The molecule has 8 nitrogen and oxygen atoms in total. The summed E-state index contributed by atoms with van der Waals surface area (Å²) in [6.45, 7) is -0.409. The van der Waals surface area contributed by atoms with Crippen molar-refractivity contribution in [3.05, 3.63) is 59.2 Å². The van der Waals surface area contributed by atoms with Crippen molar-refractivity contribution in [2.75, 3.05) is 26.1 Å². The number of amides is 1. The van der Waals surface area contributed by atoms with Crippen LogP contribution in [0.4, 0.5) is 5.69 Å². The van der Waals surface area contributed by atoms with Crippen LogP contribution in [0.3, 0.4) is 0 Å². The molecule has 2 rings (SSSR count). The third-order valence-electron chi connectivity index (χ3n) is 3.52. The highest BCUT2D eigenvalue weighted by atomic mass is 16.5. The summed E-state index contributed by atoms with van der Waals surface area (Å²) in [5, 5.41) is 2.49. The van der Waals surface area contributed by atoms with E-state index in [0.717, 1.165) is 0 Å². The fourth-order valence-electron chi connectivity index (χ4n) is 2.22. The lowest BCUT2D eigenvalue weighted by Crippen LogP contribution is -2.22. The molecule has 0 aromatic heterocycles. The van der Waals surface area contributed by atoms with Gasteiger partial charge in [-0.2, -0.15) is 0 Å². The van der Waals surface area contributed by atoms with E-state index < -0.39 is 24.5 Å². The van der Waals surface area contributed by atoms with Gasteiger partial charge in [-0.05, 0) is 30.3 Å². The third-order valence-corrected chi connectivity index (χ3v) is 3.52. The molecule has 0 bridgehead atoms. The summed E-state index contributed by atoms with van der Waals surface area (Å²) < 4.78 is 14.6. The van der Waals surface area contributed by atoms with E-state index in [2.05, 4.69) is 14.8 Å². The number of hydrogen-bond acceptors (Lipinski definition) is 7. The number of carbonyl (C=O) groups excluding carboxylic acids is 4. The number of ether oxygens (including phenoxy) is 3. The van der Waals surface area contributed by atoms with E-state index in [1.165, 1.54) is 32.4 Å². The molecule has 2 aromatic carbocycles. The van der Waals surface area contributed by atoms with Gasteiger partial charge < -0.3 is 19.5 Å². The molecule has 8 heteroatoms. The number of hydrogen-bond donors (Lipinski definition) is 1. The van der Waals surface area contributed by atoms with Crippen LogP contribution in [0, 0.1) is 0 Å². The molecule has 2 aromatic rings. The molecule has 0 fully saturated rings. The van der Waals surface area contributed by atoms with Gasteiger partial charge >= 0.3 is 11.9 Å². The average molecular weight is 371 g/mol. The second kappa shape index (κ2) is 9.14. The van der Waals surface area contributed by atoms with Crippen molar-refractivity contribution < 1.29 is 33.4 Å². The standard InChI is InChI=1S/C19H17NO7/c1-25-18(23)12-7-8-14(19(24)26-2)15(9-12)20-17(22)11-27-16-6-4-3-5-13(16)10-21/h3-10H,11H2,1-2H3,(H,20,22). The van der Waals surface area contributed by atoms with Gasteiger partial charge in [0.25, 0.3) is 5.91 Å². The third kappa shape index (κ3) is 4.91. The van der Waals surface area contributed by atoms with Crippen molar-refractivity contribution in [2.24, 2.45) is 0 Å². The second-order valence-corrected chi connectivity index (χ2v) is 5.24. The summed E-state index contributed by atoms with van der Waals surface area (Å²) >= 11 is 0. The lowest BCUT2D eigenvalue weighted by atomic mass is 10.1. The number of carbonyl (C=O) groups is 4. The van der Waals surface area contributed by atoms with Gasteiger partial charge in [0.05, 0.1) is 36.6 Å². The zero-order valence-electron chi connectivity index (χ0n) is 14.7. The maximum Gasteiger partial charge on any atom is 0.339 e. The summed E-state index contributed by atoms with van der Waals surface area (Å²) in [5.74, 6) is -1.66. The molecule has 0 aliphatic rings. The van der Waals surface area contributed by atoms with E-state index in [1.807, 2.05) is 0 Å². The molecule has 0 atom stereocenters. The van der Waals surface area contributed by atoms with E-state index in [0.29, 0.717) is 11.8 Å². The topological polar surface area (TPSA) is 108 Å². The highest BCUT2D eigenvalue weighted by Crippen LogP contribution is 2.20. The number of methoxy groups -OCH3 is 2. The quantitative estimate of drug-likeness (QED) is 0.586. The lowest BCUT2D eigenvalue weighted by Gasteiger charge is -2.12. The van der Waals surface area contributed by atoms with Crippen LogP contribution in [0.15, 0.2) is 42.5 Å². The van der Waals surface area contributed by atoms with E-state index in [1.54, 1.807) is 24.3 Å². The second-order valence-electron chi connectivity index (χ2n) is 5.24. The van der Waals surface area contributed by atoms with Gasteiger partial charge in [-0.25, -0.2) is 9.59 Å². The van der Waals surface area contributed by atoms with E-state index in [4.69, 9.17) is 4.74 Å². The smallest absolute Gasteiger partial charge is 0.339 e. The van der Waals surface area contributed by atoms with Crippen molar-refractivity contribution in [3.63, 3.8) is 0 Å². The van der Waals surface area contributed by atoms with Crippen molar-refractivity contribution in [2.45, 2.75) is 0 Å². The monoisotopic (exact) mass is 371 g/mol. The Balaban J connectivity index is 2.18. The maximum atomic E-state index is 12.2. The molecule has 0 aliphatic heterocycles. The van der Waals surface area contributed by atoms with Crippen LogP contribution in [0.1, 0.15) is 31.1 Å². The minimum Gasteiger partial charge on any atom is -0.483 e. The summed E-state index contributed by atoms with van der Waals surface area (Å²) in [5.41, 5.74) is 0.578. The minimum atomic E-state index is -0.686. The Morgan fingerprint density at radius 1 is 1.00 bits per heavy atom. The predicted molar refractivity (Wildman–Crippen MR) is 95.1 cm³/mol. The normalized spacial score (nSPS) is 9.85. The average Bonchev–Trinajstić information content (AvgIpc) is 2.71. The molecule has 0 spiro atoms. The lowest BCUT2D eigenvalue weighted by molar-refractivity contribution is -0.118. The first kappa shape index (κ1) is 19.6. The first-order valence-electron chi connectivity index (χ1n) is 7.77. The Morgan fingerprint density at radius 3 is 2.37 bits per heavy atom. The van der Waals surface area contributed by atoms with Crippen molar-refractivity contribution in [1.82, 2.24) is 0 Å². The van der Waals surface area contributed by atoms with Gasteiger partial charge in [0.1, 0.15) is 5.75 Å². The predicted octanol–water partition coefficient (Wildman–Crippen LogP) is 2.09. The number of benzene rings is 2. The number of nitrogens with one attached hydrogen (secondary N) is 1. The first-order chi connectivity index (χ1) is 13.0. The largest absolute Gasteiger partial charge is 0.483 e. The fraction of sp³-hybridized carbons (Fsp3) is 0.158. The summed E-state index contributed by atoms with van der Waals surface area (Å²) in [4.78, 5) is 46.7. The molecular formula is C19H17NO7. The molecular weight excluding hydrogens is 354 g/mol. The maximum absolute atomic E-state index is 12.2. The van der Waals surface area contributed by atoms with Crippen LogP contribution in [0.5, 0.6) is 5.75 Å². The van der Waals surface area contributed by atoms with E-state index >= 15 is 0 Å². The number of aldehydes is 1. The van der Waals surface area contributed by atoms with Crippen molar-refractivity contribution >= 4 is 29.8 Å². The zero-order valence-corrected chi connectivity index (χ0v) is 14.7. The van der Waals surface area contributed by atoms with Crippen LogP contribution >= 0.6 is 0 Å². The Labute approximate surface area is 155 Å². The Bertz CT molecular complexity index is 876. The molecule has 27 heavy (non-hydrogen) atoms. The first-order valence-corrected chi connectivity index (χ1v) is 7.77. The molecule has 0 aliphatic carbocycles. The molecule has 140 valence electrons. The van der Waals surface area contributed by atoms with Gasteiger partial charge in [0, 0.05) is 0 Å². The molecule has 1 amide bonds. The molecule has 1 N–H and O–H groups in total. The summed E-state index contributed by atoms with van der Waals surface area (Å²) in [7, 11) is 2.41. The molecule has 0 saturated heterocycles. The van der Waals surface area contributed by atoms with Crippen LogP contribution in [0.25, 0.3) is 0 Å². The number of esters is 2. The minimum absolute atomic E-state index is 0.0618. The van der Waals surface area contributed by atoms with Gasteiger partial charge in [-0.15, -0.1) is 0 Å². The van der Waals surface area contributed by atoms with Gasteiger partial charge in [0.2, 0.25) is 0 Å². The summed E-state index contributed by atoms with van der Waals surface area (Å²) in [6, 6.07) is 10.5. The highest BCUT2D eigenvalue weighted by Gasteiger charge is 2.17. The molecule has 0 unspecified atom stereocenters. The van der Waals surface area contributed by atoms with Crippen LogP contribution in [-0.4, -0.2) is 45.0 Å². The Hall–Kier alpha value is -3.68. The van der Waals surface area contributed by atoms with Crippen molar-refractivity contribution in [1.29, 1.82) is 0 Å². The zero-order chi connectivity index (χ0) is 19.8. The summed E-state index contributed by atoms with van der Waals surface area (Å²) in [6.07, 6.45) is 0.614. The van der Waals surface area contributed by atoms with Crippen LogP contribution in [-0.2, 0) is 14.3 Å². The van der Waals surface area contributed by atoms with Gasteiger partial charge in [-0.3, -0.25) is 9.59 Å².